The zero-order valence-electron chi connectivity index (χ0n) is 19.7. The Kier molecular flexibility index (Phi) is 5.57. The highest BCUT2D eigenvalue weighted by Gasteiger charge is 2.47. The Morgan fingerprint density at radius 2 is 1.71 bits per heavy atom. The summed E-state index contributed by atoms with van der Waals surface area (Å²) in [6.07, 6.45) is 10.1. The third-order valence-electron chi connectivity index (χ3n) is 9.02. The Morgan fingerprint density at radius 3 is 2.44 bits per heavy atom. The van der Waals surface area contributed by atoms with Gasteiger partial charge >= 0.3 is 0 Å². The number of rotatable bonds is 3. The standard InChI is InChI=1S/C27H34N4O3/c32-24-4-3-23(25(33)29-24)31-14-7-20-15-19(1-2-22(20)26(31)34)18-5-12-30(13-6-18)21-16-27(17-21)8-10-28-11-9-27/h1-2,7,14-15,18,21,23,28H,3-6,8-13,16-17H2,(H,29,32,33). The Labute approximate surface area is 199 Å². The number of pyridine rings is 1. The van der Waals surface area contributed by atoms with Crippen molar-refractivity contribution >= 4 is 22.6 Å². The topological polar surface area (TPSA) is 83.4 Å². The van der Waals surface area contributed by atoms with Crippen LogP contribution in [-0.2, 0) is 9.59 Å². The van der Waals surface area contributed by atoms with Crippen molar-refractivity contribution in [3.8, 4) is 0 Å². The highest BCUT2D eigenvalue weighted by molar-refractivity contribution is 5.99. The fourth-order valence-corrected chi connectivity index (χ4v) is 6.89. The average Bonchev–Trinajstić information content (AvgIpc) is 2.84. The van der Waals surface area contributed by atoms with Gasteiger partial charge in [0.1, 0.15) is 6.04 Å². The van der Waals surface area contributed by atoms with E-state index in [-0.39, 0.29) is 17.9 Å². The zero-order valence-corrected chi connectivity index (χ0v) is 19.7. The van der Waals surface area contributed by atoms with Gasteiger partial charge < -0.3 is 14.8 Å². The summed E-state index contributed by atoms with van der Waals surface area (Å²) in [5, 5.41) is 7.41. The number of carbonyl (C=O) groups excluding carboxylic acids is 2. The van der Waals surface area contributed by atoms with Crippen molar-refractivity contribution in [3.05, 3.63) is 46.4 Å². The largest absolute Gasteiger partial charge is 0.317 e. The van der Waals surface area contributed by atoms with Gasteiger partial charge in [-0.05, 0) is 106 Å². The number of imide groups is 1. The van der Waals surface area contributed by atoms with Crippen molar-refractivity contribution in [3.63, 3.8) is 0 Å². The summed E-state index contributed by atoms with van der Waals surface area (Å²) in [5.74, 6) is -0.126. The molecule has 1 saturated carbocycles. The molecule has 3 aliphatic heterocycles. The van der Waals surface area contributed by atoms with Crippen LogP contribution in [0, 0.1) is 5.41 Å². The van der Waals surface area contributed by atoms with Gasteiger partial charge in [-0.2, -0.15) is 0 Å². The van der Waals surface area contributed by atoms with E-state index in [1.54, 1.807) is 6.20 Å². The molecule has 1 aromatic carbocycles. The maximum absolute atomic E-state index is 13.1. The Hall–Kier alpha value is -2.51. The number of aromatic nitrogens is 1. The molecule has 4 aliphatic rings. The van der Waals surface area contributed by atoms with Crippen LogP contribution in [0.25, 0.3) is 10.8 Å². The first-order chi connectivity index (χ1) is 16.5. The molecule has 4 fully saturated rings. The van der Waals surface area contributed by atoms with Gasteiger partial charge in [0.15, 0.2) is 0 Å². The van der Waals surface area contributed by atoms with Gasteiger partial charge in [0.25, 0.3) is 5.56 Å². The van der Waals surface area contributed by atoms with E-state index < -0.39 is 11.9 Å². The average molecular weight is 463 g/mol. The lowest BCUT2D eigenvalue weighted by molar-refractivity contribution is -0.135. The number of fused-ring (bicyclic) bond motifs is 1. The van der Waals surface area contributed by atoms with E-state index in [1.165, 1.54) is 74.8 Å². The number of carbonyl (C=O) groups is 2. The smallest absolute Gasteiger partial charge is 0.259 e. The molecule has 2 aromatic rings. The van der Waals surface area contributed by atoms with E-state index in [9.17, 15) is 14.4 Å². The number of nitrogens with zero attached hydrogens (tertiary/aromatic N) is 2. The number of amides is 2. The predicted octanol–water partition coefficient (Wildman–Crippen LogP) is 2.69. The van der Waals surface area contributed by atoms with Crippen LogP contribution in [0.15, 0.2) is 35.3 Å². The SMILES string of the molecule is O=C1CCC(n2ccc3cc(C4CCN(C5CC6(CCNCC6)C5)CC4)ccc3c2=O)C(=O)N1. The van der Waals surface area contributed by atoms with E-state index in [0.29, 0.717) is 23.1 Å². The second kappa shape index (κ2) is 8.61. The van der Waals surface area contributed by atoms with E-state index >= 15 is 0 Å². The molecule has 34 heavy (non-hydrogen) atoms. The molecule has 7 nitrogen and oxygen atoms in total. The molecule has 1 aliphatic carbocycles. The summed E-state index contributed by atoms with van der Waals surface area (Å²) in [6, 6.07) is 8.29. The van der Waals surface area contributed by atoms with Gasteiger partial charge in [0, 0.05) is 24.0 Å². The normalized spacial score (nSPS) is 26.5. The Balaban J connectivity index is 1.12. The molecular formula is C27H34N4O3. The summed E-state index contributed by atoms with van der Waals surface area (Å²) in [4.78, 5) is 39.5. The van der Waals surface area contributed by atoms with Gasteiger partial charge in [-0.15, -0.1) is 0 Å². The molecule has 2 N–H and O–H groups in total. The number of hydrogen-bond acceptors (Lipinski definition) is 5. The lowest BCUT2D eigenvalue weighted by atomic mass is 9.60. The monoisotopic (exact) mass is 462 g/mol. The number of piperidine rings is 3. The fraction of sp³-hybridized carbons (Fsp3) is 0.593. The molecule has 1 unspecified atom stereocenters. The molecule has 0 bridgehead atoms. The molecule has 3 saturated heterocycles. The quantitative estimate of drug-likeness (QED) is 0.686. The number of nitrogens with one attached hydrogen (secondary N) is 2. The summed E-state index contributed by atoms with van der Waals surface area (Å²) in [5.41, 5.74) is 1.78. The summed E-state index contributed by atoms with van der Waals surface area (Å²) in [6.45, 7) is 4.71. The van der Waals surface area contributed by atoms with Crippen molar-refractivity contribution in [2.45, 2.75) is 69.4 Å². The van der Waals surface area contributed by atoms with E-state index in [0.717, 1.165) is 11.4 Å². The van der Waals surface area contributed by atoms with Gasteiger partial charge in [0.05, 0.1) is 0 Å². The van der Waals surface area contributed by atoms with Crippen LogP contribution in [0.1, 0.15) is 68.9 Å². The fourth-order valence-electron chi connectivity index (χ4n) is 6.89. The third kappa shape index (κ3) is 3.89. The molecule has 6 rings (SSSR count). The molecule has 7 heteroatoms. The highest BCUT2D eigenvalue weighted by Crippen LogP contribution is 2.50. The molecule has 1 spiro atoms. The summed E-state index contributed by atoms with van der Waals surface area (Å²) in [7, 11) is 0. The van der Waals surface area contributed by atoms with E-state index in [4.69, 9.17) is 0 Å². The minimum Gasteiger partial charge on any atom is -0.317 e. The summed E-state index contributed by atoms with van der Waals surface area (Å²) < 4.78 is 1.48. The molecule has 0 radical (unpaired) electrons. The molecule has 2 amide bonds. The number of hydrogen-bond donors (Lipinski definition) is 2. The molecule has 1 aromatic heterocycles. The number of benzene rings is 1. The first-order valence-electron chi connectivity index (χ1n) is 12.9. The van der Waals surface area contributed by atoms with Crippen LogP contribution < -0.4 is 16.2 Å². The Morgan fingerprint density at radius 1 is 0.941 bits per heavy atom. The maximum atomic E-state index is 13.1. The van der Waals surface area contributed by atoms with Gasteiger partial charge in [-0.3, -0.25) is 19.7 Å². The van der Waals surface area contributed by atoms with Gasteiger partial charge in [0.2, 0.25) is 11.8 Å². The van der Waals surface area contributed by atoms with Crippen molar-refractivity contribution in [1.82, 2.24) is 20.1 Å². The van der Waals surface area contributed by atoms with Crippen molar-refractivity contribution < 1.29 is 9.59 Å². The molecule has 4 heterocycles. The lowest BCUT2D eigenvalue weighted by Crippen LogP contribution is -2.55. The van der Waals surface area contributed by atoms with Crippen molar-refractivity contribution in [1.29, 1.82) is 0 Å². The van der Waals surface area contributed by atoms with Crippen LogP contribution in [-0.4, -0.2) is 53.5 Å². The Bertz CT molecular complexity index is 1170. The second-order valence-corrected chi connectivity index (χ2v) is 11.0. The van der Waals surface area contributed by atoms with Crippen LogP contribution in [0.3, 0.4) is 0 Å². The van der Waals surface area contributed by atoms with Crippen LogP contribution in [0.2, 0.25) is 0 Å². The highest BCUT2D eigenvalue weighted by atomic mass is 16.2. The summed E-state index contributed by atoms with van der Waals surface area (Å²) >= 11 is 0. The molecule has 180 valence electrons. The maximum Gasteiger partial charge on any atom is 0.259 e. The van der Waals surface area contributed by atoms with Crippen LogP contribution in [0.4, 0.5) is 0 Å². The first-order valence-corrected chi connectivity index (χ1v) is 12.9. The van der Waals surface area contributed by atoms with Crippen LogP contribution >= 0.6 is 0 Å². The van der Waals surface area contributed by atoms with Crippen molar-refractivity contribution in [2.75, 3.05) is 26.2 Å². The predicted molar refractivity (Wildman–Crippen MR) is 131 cm³/mol. The first kappa shape index (κ1) is 22.0. The van der Waals surface area contributed by atoms with E-state index in [1.807, 2.05) is 12.1 Å². The van der Waals surface area contributed by atoms with Gasteiger partial charge in [-0.1, -0.05) is 12.1 Å². The third-order valence-corrected chi connectivity index (χ3v) is 9.02. The van der Waals surface area contributed by atoms with Crippen molar-refractivity contribution in [2.24, 2.45) is 5.41 Å². The molecular weight excluding hydrogens is 428 g/mol. The van der Waals surface area contributed by atoms with Gasteiger partial charge in [-0.25, -0.2) is 0 Å². The van der Waals surface area contributed by atoms with E-state index in [2.05, 4.69) is 27.7 Å². The minimum absolute atomic E-state index is 0.162. The van der Waals surface area contributed by atoms with Crippen LogP contribution in [0.5, 0.6) is 0 Å². The zero-order chi connectivity index (χ0) is 23.3. The second-order valence-electron chi connectivity index (χ2n) is 11.0. The number of likely N-dealkylation sites (tertiary alicyclic amines) is 1. The lowest BCUT2D eigenvalue weighted by Gasteiger charge is -2.55. The molecule has 1 atom stereocenters. The minimum atomic E-state index is -0.617.